The summed E-state index contributed by atoms with van der Waals surface area (Å²) in [6, 6.07) is 9.09. The molecule has 2 aromatic carbocycles. The van der Waals surface area contributed by atoms with Gasteiger partial charge in [0.05, 0.1) is 6.54 Å². The Labute approximate surface area is 215 Å². The van der Waals surface area contributed by atoms with Gasteiger partial charge in [-0.2, -0.15) is 4.98 Å². The van der Waals surface area contributed by atoms with E-state index >= 15 is 0 Å². The lowest BCUT2D eigenvalue weighted by Gasteiger charge is -2.32. The SMILES string of the molecule is Cc1cc(-c2nc(CN3CCN(C(=O)O)CC3)no2)cc2c1C(=O)N(Cc1ccc(OC(F)(F)F)cc1)C2. The minimum absolute atomic E-state index is 0.161. The Morgan fingerprint density at radius 3 is 2.47 bits per heavy atom. The molecule has 38 heavy (non-hydrogen) atoms. The van der Waals surface area contributed by atoms with Crippen molar-refractivity contribution in [2.45, 2.75) is 32.9 Å². The van der Waals surface area contributed by atoms with Crippen LogP contribution in [0.3, 0.4) is 0 Å². The molecule has 1 N–H and O–H groups in total. The van der Waals surface area contributed by atoms with E-state index in [1.807, 2.05) is 19.1 Å². The summed E-state index contributed by atoms with van der Waals surface area (Å²) >= 11 is 0. The number of carbonyl (C=O) groups excluding carboxylic acids is 1. The van der Waals surface area contributed by atoms with E-state index in [0.29, 0.717) is 67.7 Å². The molecule has 200 valence electrons. The first kappa shape index (κ1) is 25.5. The molecule has 1 aromatic heterocycles. The van der Waals surface area contributed by atoms with Gasteiger partial charge in [-0.25, -0.2) is 4.79 Å². The number of piperazine rings is 1. The van der Waals surface area contributed by atoms with E-state index in [-0.39, 0.29) is 18.2 Å². The van der Waals surface area contributed by atoms with Crippen molar-refractivity contribution in [2.75, 3.05) is 26.2 Å². The predicted molar refractivity (Wildman–Crippen MR) is 126 cm³/mol. The molecule has 0 spiro atoms. The minimum Gasteiger partial charge on any atom is -0.465 e. The van der Waals surface area contributed by atoms with Crippen LogP contribution in [0.1, 0.15) is 32.9 Å². The number of alkyl halides is 3. The number of benzene rings is 2. The Hall–Kier alpha value is -4.13. The third-order valence-corrected chi connectivity index (χ3v) is 6.53. The average molecular weight is 531 g/mol. The number of aromatic nitrogens is 2. The van der Waals surface area contributed by atoms with Crippen molar-refractivity contribution >= 4 is 12.0 Å². The van der Waals surface area contributed by atoms with Gasteiger partial charge in [0.1, 0.15) is 5.75 Å². The standard InChI is InChI=1S/C25H24F3N5O5/c1-15-10-17(22-29-20(30-38-22)14-31-6-8-32(9-7-31)24(35)36)11-18-13-33(23(34)21(15)18)12-16-2-4-19(5-3-16)37-25(26,27)28/h2-5,10-11H,6-9,12-14H2,1H3,(H,35,36). The molecule has 0 atom stereocenters. The summed E-state index contributed by atoms with van der Waals surface area (Å²) in [6.45, 7) is 4.80. The van der Waals surface area contributed by atoms with E-state index in [1.165, 1.54) is 29.2 Å². The van der Waals surface area contributed by atoms with Crippen LogP contribution < -0.4 is 4.74 Å². The molecule has 0 bridgehead atoms. The van der Waals surface area contributed by atoms with Crippen molar-refractivity contribution in [3.63, 3.8) is 0 Å². The Bertz CT molecular complexity index is 1350. The number of carbonyl (C=O) groups is 2. The summed E-state index contributed by atoms with van der Waals surface area (Å²) in [5, 5.41) is 13.2. The molecule has 13 heteroatoms. The van der Waals surface area contributed by atoms with Crippen LogP contribution in [0.5, 0.6) is 5.75 Å². The molecule has 1 saturated heterocycles. The Balaban J connectivity index is 1.25. The average Bonchev–Trinajstić information content (AvgIpc) is 3.44. The first-order valence-electron chi connectivity index (χ1n) is 11.9. The minimum atomic E-state index is -4.76. The summed E-state index contributed by atoms with van der Waals surface area (Å²) in [5.74, 6) is 0.324. The van der Waals surface area contributed by atoms with Gasteiger partial charge in [-0.1, -0.05) is 17.3 Å². The predicted octanol–water partition coefficient (Wildman–Crippen LogP) is 3.90. The van der Waals surface area contributed by atoms with Gasteiger partial charge in [-0.05, 0) is 47.9 Å². The highest BCUT2D eigenvalue weighted by Crippen LogP contribution is 2.32. The fraction of sp³-hybridized carbons (Fsp3) is 0.360. The number of hydrogen-bond acceptors (Lipinski definition) is 7. The monoisotopic (exact) mass is 531 g/mol. The van der Waals surface area contributed by atoms with Gasteiger partial charge in [-0.15, -0.1) is 13.2 Å². The number of nitrogens with zero attached hydrogens (tertiary/aromatic N) is 5. The van der Waals surface area contributed by atoms with Crippen LogP contribution in [0.2, 0.25) is 0 Å². The Morgan fingerprint density at radius 2 is 1.82 bits per heavy atom. The van der Waals surface area contributed by atoms with Gasteiger partial charge in [0.2, 0.25) is 0 Å². The quantitative estimate of drug-likeness (QED) is 0.510. The van der Waals surface area contributed by atoms with Crippen molar-refractivity contribution in [1.29, 1.82) is 0 Å². The van der Waals surface area contributed by atoms with Gasteiger partial charge in [-0.3, -0.25) is 9.69 Å². The van der Waals surface area contributed by atoms with Crippen molar-refractivity contribution in [3.05, 3.63) is 64.5 Å². The number of aryl methyl sites for hydroxylation is 1. The van der Waals surface area contributed by atoms with E-state index in [9.17, 15) is 22.8 Å². The number of ether oxygens (including phenoxy) is 1. The van der Waals surface area contributed by atoms with Gasteiger partial charge >= 0.3 is 12.5 Å². The molecule has 0 unspecified atom stereocenters. The van der Waals surface area contributed by atoms with Gasteiger partial charge < -0.3 is 24.2 Å². The molecule has 2 aliphatic heterocycles. The molecule has 2 amide bonds. The second-order valence-corrected chi connectivity index (χ2v) is 9.24. The summed E-state index contributed by atoms with van der Waals surface area (Å²) in [6.07, 6.45) is -5.69. The van der Waals surface area contributed by atoms with Crippen molar-refractivity contribution in [2.24, 2.45) is 0 Å². The van der Waals surface area contributed by atoms with Gasteiger partial charge in [0.25, 0.3) is 11.8 Å². The molecule has 3 aromatic rings. The molecule has 0 radical (unpaired) electrons. The highest BCUT2D eigenvalue weighted by molar-refractivity contribution is 6.00. The highest BCUT2D eigenvalue weighted by atomic mass is 19.4. The van der Waals surface area contributed by atoms with Crippen LogP contribution in [0.25, 0.3) is 11.5 Å². The number of carboxylic acid groups (broad SMARTS) is 1. The van der Waals surface area contributed by atoms with Crippen LogP contribution in [0.4, 0.5) is 18.0 Å². The highest BCUT2D eigenvalue weighted by Gasteiger charge is 2.32. The number of fused-ring (bicyclic) bond motifs is 1. The van der Waals surface area contributed by atoms with Gasteiger partial charge in [0, 0.05) is 50.4 Å². The molecule has 5 rings (SSSR count). The fourth-order valence-electron chi connectivity index (χ4n) is 4.73. The molecule has 2 aliphatic rings. The number of amides is 2. The summed E-state index contributed by atoms with van der Waals surface area (Å²) < 4.78 is 46.6. The van der Waals surface area contributed by atoms with Crippen molar-refractivity contribution in [3.8, 4) is 17.2 Å². The molecule has 0 saturated carbocycles. The van der Waals surface area contributed by atoms with E-state index < -0.39 is 12.5 Å². The molecule has 10 nitrogen and oxygen atoms in total. The third kappa shape index (κ3) is 5.57. The molecule has 0 aliphatic carbocycles. The third-order valence-electron chi connectivity index (χ3n) is 6.53. The van der Waals surface area contributed by atoms with Crippen molar-refractivity contribution in [1.82, 2.24) is 24.8 Å². The zero-order valence-corrected chi connectivity index (χ0v) is 20.4. The molecular weight excluding hydrogens is 507 g/mol. The van der Waals surface area contributed by atoms with E-state index in [2.05, 4.69) is 19.8 Å². The van der Waals surface area contributed by atoms with Crippen LogP contribution >= 0.6 is 0 Å². The number of hydrogen-bond donors (Lipinski definition) is 1. The summed E-state index contributed by atoms with van der Waals surface area (Å²) in [7, 11) is 0. The topological polar surface area (TPSA) is 112 Å². The van der Waals surface area contributed by atoms with Crippen LogP contribution in [-0.4, -0.2) is 74.5 Å². The van der Waals surface area contributed by atoms with Crippen LogP contribution in [0, 0.1) is 6.92 Å². The summed E-state index contributed by atoms with van der Waals surface area (Å²) in [5.41, 5.74) is 3.49. The lowest BCUT2D eigenvalue weighted by Crippen LogP contribution is -2.47. The molecular formula is C25H24F3N5O5. The molecule has 1 fully saturated rings. The van der Waals surface area contributed by atoms with E-state index in [0.717, 1.165) is 11.1 Å². The Morgan fingerprint density at radius 1 is 1.11 bits per heavy atom. The van der Waals surface area contributed by atoms with Crippen LogP contribution in [-0.2, 0) is 19.6 Å². The van der Waals surface area contributed by atoms with Crippen molar-refractivity contribution < 1.29 is 37.1 Å². The fourth-order valence-corrected chi connectivity index (χ4v) is 4.73. The zero-order valence-electron chi connectivity index (χ0n) is 20.4. The first-order valence-corrected chi connectivity index (χ1v) is 11.9. The largest absolute Gasteiger partial charge is 0.573 e. The maximum Gasteiger partial charge on any atom is 0.573 e. The molecule has 3 heterocycles. The van der Waals surface area contributed by atoms with Crippen LogP contribution in [0.15, 0.2) is 40.9 Å². The summed E-state index contributed by atoms with van der Waals surface area (Å²) in [4.78, 5) is 33.7. The Kier molecular flexibility index (Phi) is 6.69. The van der Waals surface area contributed by atoms with Gasteiger partial charge in [0.15, 0.2) is 5.82 Å². The number of halogens is 3. The second-order valence-electron chi connectivity index (χ2n) is 9.24. The normalized spacial score (nSPS) is 16.2. The lowest BCUT2D eigenvalue weighted by molar-refractivity contribution is -0.274. The number of rotatable bonds is 6. The van der Waals surface area contributed by atoms with E-state index in [1.54, 1.807) is 4.90 Å². The maximum absolute atomic E-state index is 13.1. The first-order chi connectivity index (χ1) is 18.1. The second kappa shape index (κ2) is 9.97. The maximum atomic E-state index is 13.1. The smallest absolute Gasteiger partial charge is 0.465 e. The lowest BCUT2D eigenvalue weighted by atomic mass is 10.0. The zero-order chi connectivity index (χ0) is 27.0. The van der Waals surface area contributed by atoms with E-state index in [4.69, 9.17) is 9.63 Å².